The molecule has 0 bridgehead atoms. The SMILES string of the molecule is CCCC(=O)Nc1ccc(C)cc1NC(=O)CN. The van der Waals surface area contributed by atoms with E-state index in [0.717, 1.165) is 12.0 Å². The molecule has 1 aromatic carbocycles. The maximum Gasteiger partial charge on any atom is 0.238 e. The second-order valence-electron chi connectivity index (χ2n) is 4.10. The van der Waals surface area contributed by atoms with Crippen LogP contribution in [0.2, 0.25) is 0 Å². The number of nitrogens with one attached hydrogen (secondary N) is 2. The van der Waals surface area contributed by atoms with Crippen LogP contribution in [0.4, 0.5) is 11.4 Å². The third kappa shape index (κ3) is 4.18. The van der Waals surface area contributed by atoms with Gasteiger partial charge >= 0.3 is 0 Å². The summed E-state index contributed by atoms with van der Waals surface area (Å²) in [6.45, 7) is 3.76. The van der Waals surface area contributed by atoms with Gasteiger partial charge in [-0.1, -0.05) is 13.0 Å². The lowest BCUT2D eigenvalue weighted by atomic mass is 10.2. The van der Waals surface area contributed by atoms with Crippen molar-refractivity contribution in [2.75, 3.05) is 17.2 Å². The Labute approximate surface area is 107 Å². The van der Waals surface area contributed by atoms with Gasteiger partial charge in [0.1, 0.15) is 0 Å². The van der Waals surface area contributed by atoms with Crippen molar-refractivity contribution in [2.24, 2.45) is 5.73 Å². The van der Waals surface area contributed by atoms with E-state index in [1.165, 1.54) is 0 Å². The summed E-state index contributed by atoms with van der Waals surface area (Å²) in [5.41, 5.74) is 7.43. The predicted molar refractivity (Wildman–Crippen MR) is 72.4 cm³/mol. The average Bonchev–Trinajstić information content (AvgIpc) is 2.33. The van der Waals surface area contributed by atoms with E-state index in [9.17, 15) is 9.59 Å². The number of rotatable bonds is 5. The third-order valence-corrected chi connectivity index (χ3v) is 2.39. The van der Waals surface area contributed by atoms with Gasteiger partial charge < -0.3 is 16.4 Å². The lowest BCUT2D eigenvalue weighted by Crippen LogP contribution is -2.23. The van der Waals surface area contributed by atoms with Crippen LogP contribution in [-0.2, 0) is 9.59 Å². The third-order valence-electron chi connectivity index (χ3n) is 2.39. The summed E-state index contributed by atoms with van der Waals surface area (Å²) < 4.78 is 0. The van der Waals surface area contributed by atoms with Gasteiger partial charge in [0.15, 0.2) is 0 Å². The minimum Gasteiger partial charge on any atom is -0.324 e. The number of nitrogens with two attached hydrogens (primary N) is 1. The molecule has 0 aliphatic heterocycles. The molecule has 0 spiro atoms. The molecule has 1 rings (SSSR count). The van der Waals surface area contributed by atoms with Gasteiger partial charge in [-0.15, -0.1) is 0 Å². The molecule has 18 heavy (non-hydrogen) atoms. The van der Waals surface area contributed by atoms with E-state index in [-0.39, 0.29) is 18.4 Å². The summed E-state index contributed by atoms with van der Waals surface area (Å²) in [4.78, 5) is 22.9. The van der Waals surface area contributed by atoms with Crippen LogP contribution in [0.1, 0.15) is 25.3 Å². The molecule has 1 aromatic rings. The number of amides is 2. The van der Waals surface area contributed by atoms with Gasteiger partial charge in [0.05, 0.1) is 17.9 Å². The van der Waals surface area contributed by atoms with Crippen molar-refractivity contribution < 1.29 is 9.59 Å². The predicted octanol–water partition coefficient (Wildman–Crippen LogP) is 1.63. The van der Waals surface area contributed by atoms with Crippen molar-refractivity contribution in [2.45, 2.75) is 26.7 Å². The number of anilines is 2. The lowest BCUT2D eigenvalue weighted by Gasteiger charge is -2.12. The Morgan fingerprint density at radius 1 is 1.17 bits per heavy atom. The van der Waals surface area contributed by atoms with Crippen molar-refractivity contribution in [3.05, 3.63) is 23.8 Å². The smallest absolute Gasteiger partial charge is 0.238 e. The average molecular weight is 249 g/mol. The Morgan fingerprint density at radius 3 is 2.44 bits per heavy atom. The van der Waals surface area contributed by atoms with E-state index in [1.54, 1.807) is 12.1 Å². The van der Waals surface area contributed by atoms with E-state index in [1.807, 2.05) is 19.9 Å². The summed E-state index contributed by atoms with van der Waals surface area (Å²) in [6, 6.07) is 5.45. The first kappa shape index (κ1) is 14.2. The van der Waals surface area contributed by atoms with Crippen LogP contribution in [0.15, 0.2) is 18.2 Å². The van der Waals surface area contributed by atoms with Crippen LogP contribution in [0.3, 0.4) is 0 Å². The molecule has 5 nitrogen and oxygen atoms in total. The number of benzene rings is 1. The number of hydrogen-bond acceptors (Lipinski definition) is 3. The maximum absolute atomic E-state index is 11.6. The van der Waals surface area contributed by atoms with Crippen LogP contribution in [0, 0.1) is 6.92 Å². The molecule has 0 atom stereocenters. The fourth-order valence-corrected chi connectivity index (χ4v) is 1.51. The molecule has 0 aromatic heterocycles. The second kappa shape index (κ2) is 6.76. The Kier molecular flexibility index (Phi) is 5.32. The van der Waals surface area contributed by atoms with E-state index in [4.69, 9.17) is 5.73 Å². The molecule has 2 amide bonds. The van der Waals surface area contributed by atoms with Crippen molar-refractivity contribution in [1.29, 1.82) is 0 Å². The molecule has 0 heterocycles. The van der Waals surface area contributed by atoms with Crippen molar-refractivity contribution in [1.82, 2.24) is 0 Å². The van der Waals surface area contributed by atoms with Crippen LogP contribution in [0.5, 0.6) is 0 Å². The Morgan fingerprint density at radius 2 is 1.83 bits per heavy atom. The van der Waals surface area contributed by atoms with Gasteiger partial charge in [0, 0.05) is 6.42 Å². The van der Waals surface area contributed by atoms with Crippen molar-refractivity contribution in [3.8, 4) is 0 Å². The van der Waals surface area contributed by atoms with Gasteiger partial charge in [-0.05, 0) is 31.0 Å². The van der Waals surface area contributed by atoms with E-state index in [0.29, 0.717) is 17.8 Å². The maximum atomic E-state index is 11.6. The number of hydrogen-bond donors (Lipinski definition) is 3. The molecule has 0 saturated heterocycles. The molecular weight excluding hydrogens is 230 g/mol. The fraction of sp³-hybridized carbons (Fsp3) is 0.385. The minimum absolute atomic E-state index is 0.0652. The minimum atomic E-state index is -0.286. The summed E-state index contributed by atoms with van der Waals surface area (Å²) in [5, 5.41) is 5.44. The highest BCUT2D eigenvalue weighted by molar-refractivity contribution is 6.00. The van der Waals surface area contributed by atoms with Crippen LogP contribution < -0.4 is 16.4 Å². The first-order valence-electron chi connectivity index (χ1n) is 5.97. The highest BCUT2D eigenvalue weighted by Gasteiger charge is 2.08. The number of aryl methyl sites for hydroxylation is 1. The Balaban J connectivity index is 2.89. The molecule has 0 aliphatic carbocycles. The topological polar surface area (TPSA) is 84.2 Å². The molecule has 4 N–H and O–H groups in total. The van der Waals surface area contributed by atoms with Gasteiger partial charge in [0.2, 0.25) is 11.8 Å². The van der Waals surface area contributed by atoms with Crippen molar-refractivity contribution >= 4 is 23.2 Å². The number of carbonyl (C=O) groups excluding carboxylic acids is 2. The normalized spacial score (nSPS) is 9.94. The molecule has 0 radical (unpaired) electrons. The van der Waals surface area contributed by atoms with Gasteiger partial charge in [-0.2, -0.15) is 0 Å². The number of carbonyl (C=O) groups is 2. The van der Waals surface area contributed by atoms with Gasteiger partial charge in [-0.25, -0.2) is 0 Å². The van der Waals surface area contributed by atoms with E-state index >= 15 is 0 Å². The standard InChI is InChI=1S/C13H19N3O2/c1-3-4-12(17)15-10-6-5-9(2)7-11(10)16-13(18)8-14/h5-7H,3-4,8,14H2,1-2H3,(H,15,17)(H,16,18). The molecule has 0 fully saturated rings. The van der Waals surface area contributed by atoms with Crippen molar-refractivity contribution in [3.63, 3.8) is 0 Å². The van der Waals surface area contributed by atoms with Crippen LogP contribution in [0.25, 0.3) is 0 Å². The molecule has 0 saturated carbocycles. The molecule has 0 unspecified atom stereocenters. The Hall–Kier alpha value is -1.88. The molecule has 98 valence electrons. The molecule has 0 aliphatic rings. The zero-order valence-corrected chi connectivity index (χ0v) is 10.7. The second-order valence-corrected chi connectivity index (χ2v) is 4.10. The summed E-state index contributed by atoms with van der Waals surface area (Å²) >= 11 is 0. The van der Waals surface area contributed by atoms with Crippen LogP contribution in [-0.4, -0.2) is 18.4 Å². The first-order valence-corrected chi connectivity index (χ1v) is 5.97. The van der Waals surface area contributed by atoms with E-state index in [2.05, 4.69) is 10.6 Å². The highest BCUT2D eigenvalue weighted by atomic mass is 16.2. The van der Waals surface area contributed by atoms with Crippen LogP contribution >= 0.6 is 0 Å². The van der Waals surface area contributed by atoms with Gasteiger partial charge in [-0.3, -0.25) is 9.59 Å². The summed E-state index contributed by atoms with van der Waals surface area (Å²) in [6.07, 6.45) is 1.24. The van der Waals surface area contributed by atoms with Gasteiger partial charge in [0.25, 0.3) is 0 Å². The summed E-state index contributed by atoms with van der Waals surface area (Å²) in [5.74, 6) is -0.351. The zero-order chi connectivity index (χ0) is 13.5. The Bertz CT molecular complexity index is 444. The molecular formula is C13H19N3O2. The zero-order valence-electron chi connectivity index (χ0n) is 10.7. The largest absolute Gasteiger partial charge is 0.324 e. The molecule has 5 heteroatoms. The quantitative estimate of drug-likeness (QED) is 0.741. The monoisotopic (exact) mass is 249 g/mol. The highest BCUT2D eigenvalue weighted by Crippen LogP contribution is 2.23. The lowest BCUT2D eigenvalue weighted by molar-refractivity contribution is -0.116. The fourth-order valence-electron chi connectivity index (χ4n) is 1.51. The van der Waals surface area contributed by atoms with E-state index < -0.39 is 0 Å². The summed E-state index contributed by atoms with van der Waals surface area (Å²) in [7, 11) is 0. The first-order chi connectivity index (χ1) is 8.56.